The first-order chi connectivity index (χ1) is 10.3. The summed E-state index contributed by atoms with van der Waals surface area (Å²) in [4.78, 5) is 23.5. The summed E-state index contributed by atoms with van der Waals surface area (Å²) in [5, 5.41) is 7.53. The second kappa shape index (κ2) is 6.45. The predicted octanol–water partition coefficient (Wildman–Crippen LogP) is 1.00. The summed E-state index contributed by atoms with van der Waals surface area (Å²) < 4.78 is 27.4. The molecule has 120 valence electrons. The van der Waals surface area contributed by atoms with Gasteiger partial charge in [-0.25, -0.2) is 13.6 Å². The van der Waals surface area contributed by atoms with Crippen LogP contribution in [0.15, 0.2) is 29.2 Å². The molecule has 0 aliphatic heterocycles. The highest BCUT2D eigenvalue weighted by atomic mass is 32.2. The lowest BCUT2D eigenvalue weighted by Gasteiger charge is -2.24. The van der Waals surface area contributed by atoms with Crippen molar-refractivity contribution in [1.82, 2.24) is 0 Å². The highest BCUT2D eigenvalue weighted by Gasteiger charge is 2.29. The number of nitrogens with two attached hydrogens (primary N) is 1. The molecule has 0 heterocycles. The van der Waals surface area contributed by atoms with E-state index in [1.807, 2.05) is 0 Å². The maximum absolute atomic E-state index is 11.9. The molecule has 0 radical (unpaired) electrons. The van der Waals surface area contributed by atoms with Crippen molar-refractivity contribution in [3.8, 4) is 0 Å². The molecule has 1 amide bonds. The van der Waals surface area contributed by atoms with Crippen LogP contribution in [-0.2, 0) is 24.3 Å². The smallest absolute Gasteiger partial charge is 0.309 e. The molecule has 2 rings (SSSR count). The number of esters is 1. The summed E-state index contributed by atoms with van der Waals surface area (Å²) in [6.45, 7) is 1.49. The number of rotatable bonds is 5. The molecule has 1 fully saturated rings. The van der Waals surface area contributed by atoms with Gasteiger partial charge in [-0.05, 0) is 44.0 Å². The summed E-state index contributed by atoms with van der Waals surface area (Å²) in [5.41, 5.74) is 0.393. The summed E-state index contributed by atoms with van der Waals surface area (Å²) in [6.07, 6.45) is 1.72. The quantitative estimate of drug-likeness (QED) is 0.783. The fourth-order valence-corrected chi connectivity index (χ4v) is 2.46. The molecule has 0 saturated heterocycles. The molecular weight excluding hydrogens is 308 g/mol. The molecule has 1 aromatic carbocycles. The van der Waals surface area contributed by atoms with Gasteiger partial charge in [0.1, 0.15) is 0 Å². The zero-order valence-electron chi connectivity index (χ0n) is 12.1. The standard InChI is InChI=1S/C14H18N2O5S/c1-9(21-14(18)10-3-2-4-10)13(17)16-11-5-7-12(8-6-11)22(15,19)20/h5-10H,2-4H2,1H3,(H,16,17)(H2,15,19,20). The second-order valence-corrected chi connectivity index (χ2v) is 6.83. The first kappa shape index (κ1) is 16.4. The highest BCUT2D eigenvalue weighted by Crippen LogP contribution is 2.27. The van der Waals surface area contributed by atoms with Crippen molar-refractivity contribution in [2.24, 2.45) is 11.1 Å². The van der Waals surface area contributed by atoms with Gasteiger partial charge in [0.25, 0.3) is 5.91 Å². The number of benzene rings is 1. The third-order valence-corrected chi connectivity index (χ3v) is 4.48. The number of anilines is 1. The van der Waals surface area contributed by atoms with Gasteiger partial charge in [0.05, 0.1) is 10.8 Å². The van der Waals surface area contributed by atoms with E-state index in [0.29, 0.717) is 5.69 Å². The normalized spacial score (nSPS) is 16.5. The number of nitrogens with one attached hydrogen (secondary N) is 1. The molecule has 7 nitrogen and oxygen atoms in total. The van der Waals surface area contributed by atoms with E-state index in [0.717, 1.165) is 19.3 Å². The van der Waals surface area contributed by atoms with Crippen LogP contribution in [-0.4, -0.2) is 26.4 Å². The van der Waals surface area contributed by atoms with E-state index in [-0.39, 0.29) is 16.8 Å². The van der Waals surface area contributed by atoms with Crippen molar-refractivity contribution in [2.75, 3.05) is 5.32 Å². The molecule has 0 bridgehead atoms. The number of sulfonamides is 1. The molecule has 0 spiro atoms. The molecule has 1 aliphatic carbocycles. The lowest BCUT2D eigenvalue weighted by molar-refractivity contribution is -0.159. The van der Waals surface area contributed by atoms with E-state index >= 15 is 0 Å². The summed E-state index contributed by atoms with van der Waals surface area (Å²) in [7, 11) is -3.77. The van der Waals surface area contributed by atoms with Crippen molar-refractivity contribution in [3.05, 3.63) is 24.3 Å². The summed E-state index contributed by atoms with van der Waals surface area (Å²) >= 11 is 0. The number of ether oxygens (including phenoxy) is 1. The topological polar surface area (TPSA) is 116 Å². The molecule has 1 atom stereocenters. The van der Waals surface area contributed by atoms with Crippen LogP contribution in [0.3, 0.4) is 0 Å². The van der Waals surface area contributed by atoms with Crippen LogP contribution in [0.2, 0.25) is 0 Å². The third kappa shape index (κ3) is 4.05. The summed E-state index contributed by atoms with van der Waals surface area (Å²) in [5.74, 6) is -0.918. The Bertz CT molecular complexity index is 665. The summed E-state index contributed by atoms with van der Waals surface area (Å²) in [6, 6.07) is 5.40. The van der Waals surface area contributed by atoms with E-state index in [1.165, 1.54) is 31.2 Å². The lowest BCUT2D eigenvalue weighted by atomic mass is 9.86. The first-order valence-corrected chi connectivity index (χ1v) is 8.46. The number of amides is 1. The molecule has 1 unspecified atom stereocenters. The average molecular weight is 326 g/mol. The minimum Gasteiger partial charge on any atom is -0.452 e. The highest BCUT2D eigenvalue weighted by molar-refractivity contribution is 7.89. The molecular formula is C14H18N2O5S. The van der Waals surface area contributed by atoms with Crippen LogP contribution in [0.5, 0.6) is 0 Å². The Morgan fingerprint density at radius 3 is 2.32 bits per heavy atom. The van der Waals surface area contributed by atoms with Crippen LogP contribution in [0.4, 0.5) is 5.69 Å². The van der Waals surface area contributed by atoms with Crippen molar-refractivity contribution in [2.45, 2.75) is 37.2 Å². The molecule has 8 heteroatoms. The number of carbonyl (C=O) groups excluding carboxylic acids is 2. The lowest BCUT2D eigenvalue weighted by Crippen LogP contribution is -2.34. The Kier molecular flexibility index (Phi) is 4.82. The Balaban J connectivity index is 1.91. The Morgan fingerprint density at radius 1 is 1.27 bits per heavy atom. The largest absolute Gasteiger partial charge is 0.452 e. The average Bonchev–Trinajstić information content (AvgIpc) is 2.35. The maximum atomic E-state index is 11.9. The Morgan fingerprint density at radius 2 is 1.86 bits per heavy atom. The molecule has 22 heavy (non-hydrogen) atoms. The van der Waals surface area contributed by atoms with Crippen LogP contribution in [0, 0.1) is 5.92 Å². The van der Waals surface area contributed by atoms with E-state index in [4.69, 9.17) is 9.88 Å². The fraction of sp³-hybridized carbons (Fsp3) is 0.429. The fourth-order valence-electron chi connectivity index (χ4n) is 1.94. The van der Waals surface area contributed by atoms with Gasteiger partial charge in [-0.15, -0.1) is 0 Å². The van der Waals surface area contributed by atoms with Crippen molar-refractivity contribution < 1.29 is 22.7 Å². The SMILES string of the molecule is CC(OC(=O)C1CCC1)C(=O)Nc1ccc(S(N)(=O)=O)cc1. The Hall–Kier alpha value is -1.93. The third-order valence-electron chi connectivity index (χ3n) is 3.55. The Labute approximate surface area is 128 Å². The van der Waals surface area contributed by atoms with Crippen molar-refractivity contribution >= 4 is 27.6 Å². The van der Waals surface area contributed by atoms with Gasteiger partial charge in [0.15, 0.2) is 6.10 Å². The number of primary sulfonamides is 1. The minimum absolute atomic E-state index is 0.0463. The van der Waals surface area contributed by atoms with E-state index in [2.05, 4.69) is 5.32 Å². The van der Waals surface area contributed by atoms with Gasteiger partial charge in [0, 0.05) is 5.69 Å². The second-order valence-electron chi connectivity index (χ2n) is 5.27. The predicted molar refractivity (Wildman–Crippen MR) is 79.3 cm³/mol. The number of hydrogen-bond acceptors (Lipinski definition) is 5. The molecule has 0 aromatic heterocycles. The van der Waals surface area contributed by atoms with Crippen LogP contribution < -0.4 is 10.5 Å². The van der Waals surface area contributed by atoms with Gasteiger partial charge in [-0.3, -0.25) is 9.59 Å². The molecule has 1 aliphatic rings. The first-order valence-electron chi connectivity index (χ1n) is 6.91. The molecule has 1 saturated carbocycles. The molecule has 1 aromatic rings. The van der Waals surface area contributed by atoms with E-state index in [9.17, 15) is 18.0 Å². The van der Waals surface area contributed by atoms with E-state index in [1.54, 1.807) is 0 Å². The van der Waals surface area contributed by atoms with Crippen molar-refractivity contribution in [1.29, 1.82) is 0 Å². The van der Waals surface area contributed by atoms with Gasteiger partial charge < -0.3 is 10.1 Å². The van der Waals surface area contributed by atoms with Crippen LogP contribution in [0.1, 0.15) is 26.2 Å². The number of hydrogen-bond donors (Lipinski definition) is 2. The van der Waals surface area contributed by atoms with Crippen LogP contribution in [0.25, 0.3) is 0 Å². The molecule has 3 N–H and O–H groups in total. The van der Waals surface area contributed by atoms with Crippen molar-refractivity contribution in [3.63, 3.8) is 0 Å². The maximum Gasteiger partial charge on any atom is 0.309 e. The zero-order valence-corrected chi connectivity index (χ0v) is 12.9. The van der Waals surface area contributed by atoms with E-state index < -0.39 is 22.0 Å². The van der Waals surface area contributed by atoms with Gasteiger partial charge in [-0.1, -0.05) is 6.42 Å². The van der Waals surface area contributed by atoms with Gasteiger partial charge in [-0.2, -0.15) is 0 Å². The van der Waals surface area contributed by atoms with Gasteiger partial charge >= 0.3 is 5.97 Å². The minimum atomic E-state index is -3.77. The van der Waals surface area contributed by atoms with Gasteiger partial charge in [0.2, 0.25) is 10.0 Å². The van der Waals surface area contributed by atoms with Crippen LogP contribution >= 0.6 is 0 Å². The number of carbonyl (C=O) groups is 2. The monoisotopic (exact) mass is 326 g/mol. The zero-order chi connectivity index (χ0) is 16.3.